The van der Waals surface area contributed by atoms with Crippen molar-refractivity contribution >= 4 is 32.7 Å². The van der Waals surface area contributed by atoms with Gasteiger partial charge in [-0.15, -0.1) is 0 Å². The van der Waals surface area contributed by atoms with Crippen molar-refractivity contribution in [2.45, 2.75) is 12.8 Å². The Hall–Kier alpha value is -3.20. The van der Waals surface area contributed by atoms with Crippen LogP contribution < -0.4 is 9.62 Å². The molecule has 0 bridgehead atoms. The van der Waals surface area contributed by atoms with Gasteiger partial charge in [-0.3, -0.25) is 9.10 Å². The Morgan fingerprint density at radius 2 is 1.97 bits per heavy atom. The Kier molecular flexibility index (Phi) is 4.85. The van der Waals surface area contributed by atoms with Crippen LogP contribution in [0.25, 0.3) is 22.3 Å². The largest absolute Gasteiger partial charge is 0.355 e. The summed E-state index contributed by atoms with van der Waals surface area (Å²) in [5, 5.41) is 7.17. The second kappa shape index (κ2) is 7.24. The lowest BCUT2D eigenvalue weighted by Crippen LogP contribution is -2.30. The van der Waals surface area contributed by atoms with Gasteiger partial charge in [0.05, 0.1) is 29.2 Å². The summed E-state index contributed by atoms with van der Waals surface area (Å²) in [6, 6.07) is 7.46. The number of halogens is 1. The maximum absolute atomic E-state index is 13.4. The van der Waals surface area contributed by atoms with E-state index in [1.807, 2.05) is 0 Å². The molecule has 0 spiro atoms. The Morgan fingerprint density at radius 1 is 1.27 bits per heavy atom. The van der Waals surface area contributed by atoms with E-state index in [1.54, 1.807) is 24.4 Å². The number of carbonyl (C=O) groups is 1. The molecule has 0 atom stereocenters. The predicted molar refractivity (Wildman–Crippen MR) is 114 cm³/mol. The van der Waals surface area contributed by atoms with Gasteiger partial charge in [0.2, 0.25) is 10.0 Å². The van der Waals surface area contributed by atoms with Crippen molar-refractivity contribution in [3.63, 3.8) is 0 Å². The van der Waals surface area contributed by atoms with Crippen LogP contribution in [0.15, 0.2) is 43.1 Å². The number of hydrogen-bond acceptors (Lipinski definition) is 4. The van der Waals surface area contributed by atoms with Crippen molar-refractivity contribution in [3.8, 4) is 11.3 Å². The average molecular weight is 428 g/mol. The fourth-order valence-electron chi connectivity index (χ4n) is 3.76. The Bertz CT molecular complexity index is 1280. The van der Waals surface area contributed by atoms with Crippen LogP contribution in [-0.2, 0) is 10.0 Å². The van der Waals surface area contributed by atoms with Crippen molar-refractivity contribution < 1.29 is 17.6 Å². The van der Waals surface area contributed by atoms with Crippen LogP contribution in [0.2, 0.25) is 0 Å². The lowest BCUT2D eigenvalue weighted by Gasteiger charge is -2.22. The minimum atomic E-state index is -3.51. The first kappa shape index (κ1) is 20.1. The van der Waals surface area contributed by atoms with Gasteiger partial charge in [0.1, 0.15) is 11.5 Å². The summed E-state index contributed by atoms with van der Waals surface area (Å²) >= 11 is 0. The molecule has 9 heteroatoms. The van der Waals surface area contributed by atoms with Crippen LogP contribution in [0.3, 0.4) is 0 Å². The van der Waals surface area contributed by atoms with Crippen molar-refractivity contribution in [1.29, 1.82) is 0 Å². The molecule has 0 aliphatic carbocycles. The van der Waals surface area contributed by atoms with Gasteiger partial charge in [0.25, 0.3) is 5.91 Å². The number of nitrogens with one attached hydrogen (secondary N) is 1. The monoisotopic (exact) mass is 428 g/mol. The van der Waals surface area contributed by atoms with Crippen LogP contribution in [0.1, 0.15) is 28.8 Å². The first-order valence-electron chi connectivity index (χ1n) is 9.41. The van der Waals surface area contributed by atoms with E-state index in [0.29, 0.717) is 53.0 Å². The van der Waals surface area contributed by atoms with Crippen LogP contribution in [0, 0.1) is 5.82 Å². The molecule has 0 saturated heterocycles. The highest BCUT2D eigenvalue weighted by Gasteiger charge is 2.28. The number of allylic oxidation sites excluding steroid dienone is 1. The molecule has 2 aromatic heterocycles. The number of sulfonamides is 1. The molecule has 3 aromatic rings. The third-order valence-corrected chi connectivity index (χ3v) is 6.39. The van der Waals surface area contributed by atoms with E-state index in [0.717, 1.165) is 11.8 Å². The second-order valence-electron chi connectivity index (χ2n) is 7.25. The number of benzene rings is 1. The van der Waals surface area contributed by atoms with Crippen molar-refractivity contribution in [2.75, 3.05) is 24.2 Å². The van der Waals surface area contributed by atoms with Gasteiger partial charge in [0.15, 0.2) is 0 Å². The molecule has 3 heterocycles. The van der Waals surface area contributed by atoms with Crippen LogP contribution in [-0.4, -0.2) is 43.8 Å². The number of pyridine rings is 1. The summed E-state index contributed by atoms with van der Waals surface area (Å²) in [7, 11) is -1.98. The fourth-order valence-corrected chi connectivity index (χ4v) is 4.72. The molecule has 4 rings (SSSR count). The van der Waals surface area contributed by atoms with Gasteiger partial charge in [-0.2, -0.15) is 5.10 Å². The van der Waals surface area contributed by atoms with Gasteiger partial charge in [0, 0.05) is 24.7 Å². The summed E-state index contributed by atoms with van der Waals surface area (Å²) in [5.41, 5.74) is 3.74. The number of fused-ring (bicyclic) bond motifs is 2. The third-order valence-electron chi connectivity index (χ3n) is 5.21. The topological polar surface area (TPSA) is 83.8 Å². The van der Waals surface area contributed by atoms with Gasteiger partial charge in [-0.05, 0) is 48.7 Å². The van der Waals surface area contributed by atoms with Crippen LogP contribution in [0.5, 0.6) is 0 Å². The molecule has 1 aliphatic rings. The molecule has 1 aromatic carbocycles. The first-order valence-corrected chi connectivity index (χ1v) is 11.3. The van der Waals surface area contributed by atoms with E-state index in [1.165, 1.54) is 28.0 Å². The zero-order valence-corrected chi connectivity index (χ0v) is 17.5. The van der Waals surface area contributed by atoms with E-state index in [9.17, 15) is 17.6 Å². The summed E-state index contributed by atoms with van der Waals surface area (Å²) in [6.45, 7) is 4.45. The third kappa shape index (κ3) is 3.35. The summed E-state index contributed by atoms with van der Waals surface area (Å²) in [4.78, 5) is 12.7. The molecular formula is C21H21FN4O3S. The number of hydrogen-bond donors (Lipinski definition) is 1. The van der Waals surface area contributed by atoms with Crippen molar-refractivity contribution in [1.82, 2.24) is 14.9 Å². The van der Waals surface area contributed by atoms with Crippen LogP contribution in [0.4, 0.5) is 10.1 Å². The zero-order chi connectivity index (χ0) is 21.6. The lowest BCUT2D eigenvalue weighted by molar-refractivity contribution is 0.0965. The molecule has 30 heavy (non-hydrogen) atoms. The maximum atomic E-state index is 13.4. The molecular weight excluding hydrogens is 407 g/mol. The standard InChI is InChI=1S/C21H21FN4O3S/c1-13-5-4-10-26(30(3,28)29)18-12-25-17(11-16(13)18)19(21(27)23-2)20(24-25)14-6-8-15(22)9-7-14/h6-9,11-12H,1,4-5,10H2,2-3H3,(H,23,27). The Morgan fingerprint density at radius 3 is 2.60 bits per heavy atom. The molecule has 156 valence electrons. The molecule has 0 saturated carbocycles. The molecule has 0 unspecified atom stereocenters. The minimum absolute atomic E-state index is 0.329. The zero-order valence-electron chi connectivity index (χ0n) is 16.6. The predicted octanol–water partition coefficient (Wildman–Crippen LogP) is 3.07. The van der Waals surface area contributed by atoms with Crippen LogP contribution >= 0.6 is 0 Å². The van der Waals surface area contributed by atoms with E-state index >= 15 is 0 Å². The van der Waals surface area contributed by atoms with E-state index in [2.05, 4.69) is 17.0 Å². The summed E-state index contributed by atoms with van der Waals surface area (Å²) in [6.07, 6.45) is 4.06. The average Bonchev–Trinajstić information content (AvgIpc) is 2.98. The molecule has 1 amide bonds. The van der Waals surface area contributed by atoms with Gasteiger partial charge in [-0.25, -0.2) is 17.3 Å². The maximum Gasteiger partial charge on any atom is 0.255 e. The molecule has 0 radical (unpaired) electrons. The number of rotatable bonds is 3. The quantitative estimate of drug-likeness (QED) is 0.695. The lowest BCUT2D eigenvalue weighted by atomic mass is 10.0. The first-order chi connectivity index (χ1) is 14.2. The normalized spacial score (nSPS) is 14.5. The Labute approximate surface area is 173 Å². The Balaban J connectivity index is 2.04. The highest BCUT2D eigenvalue weighted by molar-refractivity contribution is 7.92. The molecule has 7 nitrogen and oxygen atoms in total. The fraction of sp³-hybridized carbons (Fsp3) is 0.238. The number of aromatic nitrogens is 2. The molecule has 1 aliphatic heterocycles. The van der Waals surface area contributed by atoms with Gasteiger partial charge < -0.3 is 5.32 Å². The van der Waals surface area contributed by atoms with E-state index < -0.39 is 15.8 Å². The summed E-state index contributed by atoms with van der Waals surface area (Å²) in [5.74, 6) is -0.737. The number of nitrogens with zero attached hydrogens (tertiary/aromatic N) is 3. The van der Waals surface area contributed by atoms with E-state index in [4.69, 9.17) is 0 Å². The van der Waals surface area contributed by atoms with Crippen molar-refractivity contribution in [3.05, 3.63) is 60.1 Å². The van der Waals surface area contributed by atoms with E-state index in [-0.39, 0.29) is 5.91 Å². The molecule has 0 fully saturated rings. The highest BCUT2D eigenvalue weighted by Crippen LogP contribution is 2.37. The van der Waals surface area contributed by atoms with Gasteiger partial charge >= 0.3 is 0 Å². The molecule has 1 N–H and O–H groups in total. The summed E-state index contributed by atoms with van der Waals surface area (Å²) < 4.78 is 41.0. The highest BCUT2D eigenvalue weighted by atomic mass is 32.2. The van der Waals surface area contributed by atoms with Gasteiger partial charge in [-0.1, -0.05) is 6.58 Å². The minimum Gasteiger partial charge on any atom is -0.355 e. The van der Waals surface area contributed by atoms with Crippen molar-refractivity contribution in [2.24, 2.45) is 0 Å². The SMILES string of the molecule is C=C1CCCN(S(C)(=O)=O)c2cn3nc(-c4ccc(F)cc4)c(C(=O)NC)c3cc21. The number of anilines is 1. The smallest absolute Gasteiger partial charge is 0.255 e. The number of amides is 1. The number of carbonyl (C=O) groups excluding carboxylic acids is 1. The second-order valence-corrected chi connectivity index (χ2v) is 9.16.